The van der Waals surface area contributed by atoms with Gasteiger partial charge in [-0.25, -0.2) is 0 Å². The highest BCUT2D eigenvalue weighted by molar-refractivity contribution is 5.17. The first-order chi connectivity index (χ1) is 7.91. The van der Waals surface area contributed by atoms with Crippen molar-refractivity contribution in [2.75, 3.05) is 20.1 Å². The van der Waals surface area contributed by atoms with Crippen molar-refractivity contribution < 1.29 is 0 Å². The molecule has 0 spiro atoms. The van der Waals surface area contributed by atoms with Crippen LogP contribution in [0.2, 0.25) is 0 Å². The highest BCUT2D eigenvalue weighted by Crippen LogP contribution is 2.40. The van der Waals surface area contributed by atoms with E-state index in [4.69, 9.17) is 0 Å². The first kappa shape index (κ1) is 14.5. The predicted molar refractivity (Wildman–Crippen MR) is 71.7 cm³/mol. The quantitative estimate of drug-likeness (QED) is 0.739. The first-order valence-electron chi connectivity index (χ1n) is 6.79. The van der Waals surface area contributed by atoms with Gasteiger partial charge >= 0.3 is 0 Å². The van der Waals surface area contributed by atoms with Crippen molar-refractivity contribution in [3.63, 3.8) is 0 Å². The normalized spacial score (nSPS) is 20.1. The Bertz CT molecular complexity index is 288. The lowest BCUT2D eigenvalue weighted by Gasteiger charge is -2.40. The molecule has 1 aliphatic carbocycles. The number of rotatable bonds is 7. The maximum absolute atomic E-state index is 9.57. The summed E-state index contributed by atoms with van der Waals surface area (Å²) in [5, 5.41) is 13.0. The van der Waals surface area contributed by atoms with E-state index in [1.54, 1.807) is 0 Å². The number of nitrogens with zero attached hydrogens (tertiary/aromatic N) is 2. The van der Waals surface area contributed by atoms with Crippen LogP contribution < -0.4 is 5.32 Å². The van der Waals surface area contributed by atoms with Gasteiger partial charge in [0.2, 0.25) is 0 Å². The Labute approximate surface area is 106 Å². The molecule has 3 nitrogen and oxygen atoms in total. The van der Waals surface area contributed by atoms with Crippen LogP contribution in [-0.4, -0.2) is 36.1 Å². The molecule has 0 aromatic heterocycles. The summed E-state index contributed by atoms with van der Waals surface area (Å²) in [7, 11) is 2.13. The second-order valence-corrected chi connectivity index (χ2v) is 5.91. The minimum absolute atomic E-state index is 0.159. The molecule has 0 amide bonds. The minimum atomic E-state index is -0.337. The Kier molecular flexibility index (Phi) is 4.57. The fraction of sp³-hybridized carbons (Fsp3) is 0.929. The molecule has 1 aliphatic rings. The molecule has 3 heteroatoms. The van der Waals surface area contributed by atoms with Crippen molar-refractivity contribution in [1.82, 2.24) is 10.2 Å². The van der Waals surface area contributed by atoms with Crippen LogP contribution in [0.1, 0.15) is 47.0 Å². The van der Waals surface area contributed by atoms with Crippen LogP contribution in [0.15, 0.2) is 0 Å². The fourth-order valence-electron chi connectivity index (χ4n) is 2.25. The maximum atomic E-state index is 9.57. The lowest BCUT2D eigenvalue weighted by atomic mass is 9.90. The van der Waals surface area contributed by atoms with E-state index in [0.717, 1.165) is 19.5 Å². The average Bonchev–Trinajstić information content (AvgIpc) is 3.12. The minimum Gasteiger partial charge on any atom is -0.298 e. The molecule has 0 heterocycles. The van der Waals surface area contributed by atoms with Gasteiger partial charge in [0.25, 0.3) is 0 Å². The average molecular weight is 237 g/mol. The van der Waals surface area contributed by atoms with E-state index in [1.807, 2.05) is 0 Å². The largest absolute Gasteiger partial charge is 0.298 e. The Morgan fingerprint density at radius 2 is 1.94 bits per heavy atom. The Morgan fingerprint density at radius 1 is 1.35 bits per heavy atom. The number of hydrogen-bond acceptors (Lipinski definition) is 3. The number of likely N-dealkylation sites (N-methyl/N-ethyl adjacent to an activating group) is 2. The Balaban J connectivity index is 2.76. The predicted octanol–water partition coefficient (Wildman–Crippen LogP) is 2.39. The second kappa shape index (κ2) is 5.37. The highest BCUT2D eigenvalue weighted by Gasteiger charge is 2.46. The lowest BCUT2D eigenvalue weighted by molar-refractivity contribution is 0.112. The van der Waals surface area contributed by atoms with Crippen LogP contribution in [0.5, 0.6) is 0 Å². The van der Waals surface area contributed by atoms with E-state index in [-0.39, 0.29) is 11.1 Å². The second-order valence-electron chi connectivity index (χ2n) is 5.91. The van der Waals surface area contributed by atoms with E-state index in [2.05, 4.69) is 51.0 Å². The molecular formula is C14H27N3. The summed E-state index contributed by atoms with van der Waals surface area (Å²) < 4.78 is 0. The third-order valence-corrected chi connectivity index (χ3v) is 4.35. The van der Waals surface area contributed by atoms with Crippen LogP contribution in [-0.2, 0) is 0 Å². The van der Waals surface area contributed by atoms with Gasteiger partial charge in [-0.05, 0) is 52.6 Å². The molecule has 0 saturated heterocycles. The van der Waals surface area contributed by atoms with E-state index in [1.165, 1.54) is 12.8 Å². The van der Waals surface area contributed by atoms with Gasteiger partial charge in [-0.15, -0.1) is 0 Å². The van der Waals surface area contributed by atoms with Gasteiger partial charge in [-0.2, -0.15) is 5.26 Å². The molecule has 1 fully saturated rings. The van der Waals surface area contributed by atoms with Crippen molar-refractivity contribution in [3.8, 4) is 6.07 Å². The van der Waals surface area contributed by atoms with Gasteiger partial charge in [-0.3, -0.25) is 10.2 Å². The molecular weight excluding hydrogens is 210 g/mol. The van der Waals surface area contributed by atoms with Crippen LogP contribution >= 0.6 is 0 Å². The molecule has 0 aliphatic heterocycles. The van der Waals surface area contributed by atoms with E-state index < -0.39 is 0 Å². The van der Waals surface area contributed by atoms with E-state index in [0.29, 0.717) is 5.92 Å². The summed E-state index contributed by atoms with van der Waals surface area (Å²) in [4.78, 5) is 2.33. The molecule has 98 valence electrons. The Hall–Kier alpha value is -0.590. The van der Waals surface area contributed by atoms with Crippen molar-refractivity contribution in [1.29, 1.82) is 5.26 Å². The van der Waals surface area contributed by atoms with E-state index >= 15 is 0 Å². The molecule has 1 N–H and O–H groups in total. The summed E-state index contributed by atoms with van der Waals surface area (Å²) >= 11 is 0. The highest BCUT2D eigenvalue weighted by atomic mass is 15.2. The summed E-state index contributed by atoms with van der Waals surface area (Å²) in [5.41, 5.74) is -0.178. The lowest BCUT2D eigenvalue weighted by Crippen LogP contribution is -2.57. The third kappa shape index (κ3) is 3.20. The number of hydrogen-bond donors (Lipinski definition) is 1. The van der Waals surface area contributed by atoms with Crippen molar-refractivity contribution in [2.45, 2.75) is 58.0 Å². The van der Waals surface area contributed by atoms with Crippen LogP contribution in [0, 0.1) is 17.2 Å². The van der Waals surface area contributed by atoms with Gasteiger partial charge in [0.15, 0.2) is 0 Å². The van der Waals surface area contributed by atoms with E-state index in [9.17, 15) is 5.26 Å². The van der Waals surface area contributed by atoms with Crippen LogP contribution in [0.25, 0.3) is 0 Å². The molecule has 0 aromatic rings. The smallest absolute Gasteiger partial charge is 0.122 e. The maximum Gasteiger partial charge on any atom is 0.122 e. The summed E-state index contributed by atoms with van der Waals surface area (Å²) in [6, 6.07) is 2.55. The molecule has 0 bridgehead atoms. The van der Waals surface area contributed by atoms with Gasteiger partial charge in [-0.1, -0.05) is 13.8 Å². The number of nitriles is 1. The number of nitrogens with one attached hydrogen (secondary N) is 1. The topological polar surface area (TPSA) is 39.1 Å². The molecule has 0 radical (unpaired) electrons. The van der Waals surface area contributed by atoms with Crippen LogP contribution in [0.4, 0.5) is 0 Å². The SMILES string of the molecule is CCNC(C#N)(CN(C)C(C)(C)CC)C1CC1. The van der Waals surface area contributed by atoms with Gasteiger partial charge in [0.1, 0.15) is 5.54 Å². The Morgan fingerprint density at radius 3 is 2.29 bits per heavy atom. The van der Waals surface area contributed by atoms with Crippen molar-refractivity contribution >= 4 is 0 Å². The van der Waals surface area contributed by atoms with Gasteiger partial charge < -0.3 is 0 Å². The summed E-state index contributed by atoms with van der Waals surface area (Å²) in [5.74, 6) is 0.544. The van der Waals surface area contributed by atoms with Gasteiger partial charge in [0, 0.05) is 12.1 Å². The molecule has 1 atom stereocenters. The summed E-state index contributed by atoms with van der Waals surface area (Å²) in [6.07, 6.45) is 3.49. The standard InChI is InChI=1S/C14H27N3/c1-6-13(3,4)17(5)11-14(10-15,16-7-2)12-8-9-12/h12,16H,6-9,11H2,1-5H3. The van der Waals surface area contributed by atoms with Crippen LogP contribution in [0.3, 0.4) is 0 Å². The molecule has 1 rings (SSSR count). The van der Waals surface area contributed by atoms with Crippen molar-refractivity contribution in [3.05, 3.63) is 0 Å². The first-order valence-corrected chi connectivity index (χ1v) is 6.79. The van der Waals surface area contributed by atoms with Gasteiger partial charge in [0.05, 0.1) is 6.07 Å². The summed E-state index contributed by atoms with van der Waals surface area (Å²) in [6.45, 7) is 10.5. The third-order valence-electron chi connectivity index (χ3n) is 4.35. The fourth-order valence-corrected chi connectivity index (χ4v) is 2.25. The van der Waals surface area contributed by atoms with Crippen molar-refractivity contribution in [2.24, 2.45) is 5.92 Å². The zero-order valence-corrected chi connectivity index (χ0v) is 12.0. The zero-order valence-electron chi connectivity index (χ0n) is 12.0. The monoisotopic (exact) mass is 237 g/mol. The zero-order chi connectivity index (χ0) is 13.1. The molecule has 0 aromatic carbocycles. The molecule has 1 unspecified atom stereocenters. The molecule has 17 heavy (non-hydrogen) atoms. The molecule has 1 saturated carbocycles.